The van der Waals surface area contributed by atoms with Crippen molar-refractivity contribution in [2.75, 3.05) is 18.4 Å². The molecule has 1 N–H and O–H groups in total. The average molecular weight is 382 g/mol. The van der Waals surface area contributed by atoms with Crippen LogP contribution in [0.2, 0.25) is 0 Å². The summed E-state index contributed by atoms with van der Waals surface area (Å²) in [5.74, 6) is -0.782. The Balaban J connectivity index is 1.50. The van der Waals surface area contributed by atoms with Crippen LogP contribution in [0.1, 0.15) is 23.2 Å². The molecule has 2 amide bonds. The fourth-order valence-corrected chi connectivity index (χ4v) is 3.96. The van der Waals surface area contributed by atoms with Crippen molar-refractivity contribution >= 4 is 33.8 Å². The first-order valence-electron chi connectivity index (χ1n) is 8.73. The minimum Gasteiger partial charge on any atom is -0.338 e. The fraction of sp³-hybridized carbons (Fsp3) is 0.263. The SMILES string of the molecule is O=C(Nc1ccccc1)C1CCCN(C(=O)c2cnc3sccn3c2=O)C1. The lowest BCUT2D eigenvalue weighted by Crippen LogP contribution is -2.45. The van der Waals surface area contributed by atoms with Gasteiger partial charge in [0.1, 0.15) is 5.56 Å². The molecule has 1 fully saturated rings. The van der Waals surface area contributed by atoms with Crippen LogP contribution in [-0.4, -0.2) is 39.2 Å². The molecule has 1 saturated heterocycles. The van der Waals surface area contributed by atoms with E-state index in [2.05, 4.69) is 10.3 Å². The van der Waals surface area contributed by atoms with E-state index < -0.39 is 0 Å². The zero-order chi connectivity index (χ0) is 18.8. The molecule has 1 atom stereocenters. The molecule has 7 nitrogen and oxygen atoms in total. The lowest BCUT2D eigenvalue weighted by molar-refractivity contribution is -0.121. The number of carbonyl (C=O) groups is 2. The molecule has 3 aromatic rings. The predicted molar refractivity (Wildman–Crippen MR) is 103 cm³/mol. The van der Waals surface area contributed by atoms with Crippen LogP contribution in [0.3, 0.4) is 0 Å². The lowest BCUT2D eigenvalue weighted by atomic mass is 9.96. The van der Waals surface area contributed by atoms with E-state index in [-0.39, 0.29) is 28.9 Å². The molecule has 0 spiro atoms. The summed E-state index contributed by atoms with van der Waals surface area (Å²) in [5.41, 5.74) is 0.397. The van der Waals surface area contributed by atoms with Crippen LogP contribution in [0, 0.1) is 5.92 Å². The number of fused-ring (bicyclic) bond motifs is 1. The van der Waals surface area contributed by atoms with Crippen molar-refractivity contribution in [2.24, 2.45) is 5.92 Å². The van der Waals surface area contributed by atoms with Crippen LogP contribution in [0.25, 0.3) is 4.96 Å². The van der Waals surface area contributed by atoms with Gasteiger partial charge >= 0.3 is 0 Å². The first kappa shape index (κ1) is 17.4. The number of para-hydroxylation sites is 1. The van der Waals surface area contributed by atoms with Crippen molar-refractivity contribution in [3.63, 3.8) is 0 Å². The Kier molecular flexibility index (Phi) is 4.72. The Hall–Kier alpha value is -3.00. The highest BCUT2D eigenvalue weighted by Crippen LogP contribution is 2.20. The second-order valence-electron chi connectivity index (χ2n) is 6.48. The van der Waals surface area contributed by atoms with Crippen molar-refractivity contribution in [2.45, 2.75) is 12.8 Å². The normalized spacial score (nSPS) is 17.0. The highest BCUT2D eigenvalue weighted by molar-refractivity contribution is 7.15. The Morgan fingerprint density at radius 1 is 1.22 bits per heavy atom. The van der Waals surface area contributed by atoms with Crippen LogP contribution in [0.15, 0.2) is 52.9 Å². The number of amides is 2. The van der Waals surface area contributed by atoms with Crippen LogP contribution in [-0.2, 0) is 4.79 Å². The molecule has 0 saturated carbocycles. The number of carbonyl (C=O) groups excluding carboxylic acids is 2. The van der Waals surface area contributed by atoms with E-state index in [1.165, 1.54) is 21.9 Å². The Bertz CT molecular complexity index is 1040. The summed E-state index contributed by atoms with van der Waals surface area (Å²) in [6.45, 7) is 0.822. The summed E-state index contributed by atoms with van der Waals surface area (Å²) in [7, 11) is 0. The van der Waals surface area contributed by atoms with Crippen molar-refractivity contribution in [3.05, 3.63) is 64.0 Å². The molecule has 4 rings (SSSR count). The van der Waals surface area contributed by atoms with Gasteiger partial charge < -0.3 is 10.2 Å². The van der Waals surface area contributed by atoms with Gasteiger partial charge in [0.2, 0.25) is 5.91 Å². The molecule has 0 radical (unpaired) electrons. The molecule has 3 heterocycles. The van der Waals surface area contributed by atoms with Gasteiger partial charge in [-0.05, 0) is 25.0 Å². The zero-order valence-electron chi connectivity index (χ0n) is 14.5. The first-order chi connectivity index (χ1) is 13.1. The van der Waals surface area contributed by atoms with Crippen molar-refractivity contribution in [3.8, 4) is 0 Å². The van der Waals surface area contributed by atoms with Crippen molar-refractivity contribution in [1.82, 2.24) is 14.3 Å². The molecule has 138 valence electrons. The second kappa shape index (κ2) is 7.32. The highest BCUT2D eigenvalue weighted by atomic mass is 32.1. The summed E-state index contributed by atoms with van der Waals surface area (Å²) in [6, 6.07) is 9.24. The highest BCUT2D eigenvalue weighted by Gasteiger charge is 2.30. The van der Waals surface area contributed by atoms with E-state index >= 15 is 0 Å². The van der Waals surface area contributed by atoms with E-state index in [0.717, 1.165) is 5.69 Å². The summed E-state index contributed by atoms with van der Waals surface area (Å²) in [5, 5.41) is 4.64. The van der Waals surface area contributed by atoms with Gasteiger partial charge in [-0.2, -0.15) is 0 Å². The number of aromatic nitrogens is 2. The predicted octanol–water partition coefficient (Wildman–Crippen LogP) is 2.25. The summed E-state index contributed by atoms with van der Waals surface area (Å²) in [6.07, 6.45) is 4.37. The minimum atomic E-state index is -0.373. The molecule has 27 heavy (non-hydrogen) atoms. The first-order valence-corrected chi connectivity index (χ1v) is 9.61. The Morgan fingerprint density at radius 2 is 2.04 bits per heavy atom. The molecular formula is C19H18N4O3S. The molecule has 1 aromatic carbocycles. The smallest absolute Gasteiger partial charge is 0.271 e. The maximum absolute atomic E-state index is 12.9. The molecule has 1 aliphatic rings. The van der Waals surface area contributed by atoms with Gasteiger partial charge in [-0.15, -0.1) is 11.3 Å². The quantitative estimate of drug-likeness (QED) is 0.753. The van der Waals surface area contributed by atoms with Crippen molar-refractivity contribution in [1.29, 1.82) is 0 Å². The molecule has 1 aliphatic heterocycles. The monoisotopic (exact) mass is 382 g/mol. The summed E-state index contributed by atoms with van der Waals surface area (Å²) in [4.78, 5) is 44.3. The molecular weight excluding hydrogens is 364 g/mol. The van der Waals surface area contributed by atoms with Crippen LogP contribution >= 0.6 is 11.3 Å². The fourth-order valence-electron chi connectivity index (χ4n) is 3.28. The van der Waals surface area contributed by atoms with E-state index in [4.69, 9.17) is 0 Å². The third-order valence-electron chi connectivity index (χ3n) is 4.69. The number of hydrogen-bond acceptors (Lipinski definition) is 5. The third-order valence-corrected chi connectivity index (χ3v) is 5.46. The number of piperidine rings is 1. The zero-order valence-corrected chi connectivity index (χ0v) is 15.3. The number of rotatable bonds is 3. The van der Waals surface area contributed by atoms with Gasteiger partial charge in [0.25, 0.3) is 11.5 Å². The largest absolute Gasteiger partial charge is 0.338 e. The Labute approximate surface area is 159 Å². The van der Waals surface area contributed by atoms with Gasteiger partial charge in [-0.1, -0.05) is 18.2 Å². The minimum absolute atomic E-state index is 0.0371. The molecule has 0 bridgehead atoms. The van der Waals surface area contributed by atoms with Gasteiger partial charge in [0, 0.05) is 36.6 Å². The van der Waals surface area contributed by atoms with Crippen molar-refractivity contribution < 1.29 is 9.59 Å². The van der Waals surface area contributed by atoms with Crippen LogP contribution in [0.5, 0.6) is 0 Å². The maximum Gasteiger partial charge on any atom is 0.271 e. The molecule has 2 aromatic heterocycles. The Morgan fingerprint density at radius 3 is 2.85 bits per heavy atom. The summed E-state index contributed by atoms with van der Waals surface area (Å²) < 4.78 is 1.38. The number of hydrogen-bond donors (Lipinski definition) is 1. The molecule has 0 aliphatic carbocycles. The lowest BCUT2D eigenvalue weighted by Gasteiger charge is -2.31. The molecule has 1 unspecified atom stereocenters. The van der Waals surface area contributed by atoms with Gasteiger partial charge in [-0.25, -0.2) is 4.98 Å². The van der Waals surface area contributed by atoms with E-state index in [9.17, 15) is 14.4 Å². The number of thiazole rings is 1. The number of likely N-dealkylation sites (tertiary alicyclic amines) is 1. The van der Waals surface area contributed by atoms with Gasteiger partial charge in [0.05, 0.1) is 5.92 Å². The number of benzene rings is 1. The van der Waals surface area contributed by atoms with Gasteiger partial charge in [0.15, 0.2) is 4.96 Å². The number of anilines is 1. The number of nitrogens with zero attached hydrogens (tertiary/aromatic N) is 3. The maximum atomic E-state index is 12.9. The van der Waals surface area contributed by atoms with Crippen LogP contribution < -0.4 is 10.9 Å². The summed E-state index contributed by atoms with van der Waals surface area (Å²) >= 11 is 1.34. The second-order valence-corrected chi connectivity index (χ2v) is 7.35. The van der Waals surface area contributed by atoms with E-state index in [1.807, 2.05) is 30.3 Å². The topological polar surface area (TPSA) is 83.8 Å². The van der Waals surface area contributed by atoms with Gasteiger partial charge in [-0.3, -0.25) is 18.8 Å². The third kappa shape index (κ3) is 3.48. The average Bonchev–Trinajstić information content (AvgIpc) is 3.18. The van der Waals surface area contributed by atoms with E-state index in [0.29, 0.717) is 30.9 Å². The standard InChI is InChI=1S/C19H18N4O3S/c24-16(21-14-6-2-1-3-7-14)13-5-4-8-22(12-13)17(25)15-11-20-19-23(18(15)26)9-10-27-19/h1-3,6-7,9-11,13H,4-5,8,12H2,(H,21,24). The van der Waals surface area contributed by atoms with E-state index in [1.54, 1.807) is 16.5 Å². The molecule has 8 heteroatoms. The number of nitrogens with one attached hydrogen (secondary N) is 1. The van der Waals surface area contributed by atoms with Crippen LogP contribution in [0.4, 0.5) is 5.69 Å².